The highest BCUT2D eigenvalue weighted by Crippen LogP contribution is 2.07. The number of rotatable bonds is 8. The smallest absolute Gasteiger partial charge is 0.300 e. The number of carbonyl (C=O) groups is 1. The summed E-state index contributed by atoms with van der Waals surface area (Å²) in [6.07, 6.45) is 15.5. The van der Waals surface area contributed by atoms with Crippen molar-refractivity contribution in [1.82, 2.24) is 0 Å². The van der Waals surface area contributed by atoms with Gasteiger partial charge in [0.15, 0.2) is 0 Å². The summed E-state index contributed by atoms with van der Waals surface area (Å²) in [6, 6.07) is 0. The fourth-order valence-electron chi connectivity index (χ4n) is 1.33. The molecule has 0 spiro atoms. The molecule has 0 aromatic heterocycles. The van der Waals surface area contributed by atoms with E-state index in [1.807, 2.05) is 0 Å². The minimum Gasteiger partial charge on any atom is -0.481 e. The maximum absolute atomic E-state index is 9.00. The number of hydrogen-bond donors (Lipinski definition) is 1. The van der Waals surface area contributed by atoms with Crippen molar-refractivity contribution < 1.29 is 9.90 Å². The average molecular weight is 228 g/mol. The molecule has 0 heterocycles. The lowest BCUT2D eigenvalue weighted by Gasteiger charge is -1.97. The summed E-state index contributed by atoms with van der Waals surface area (Å²) < 4.78 is 0. The molecule has 0 amide bonds. The lowest BCUT2D eigenvalue weighted by atomic mass is 10.1. The first-order valence-corrected chi connectivity index (χ1v) is 6.49. The average Bonchev–Trinajstić information content (AvgIpc) is 2.21. The zero-order chi connectivity index (χ0) is 12.6. The van der Waals surface area contributed by atoms with E-state index in [0.717, 1.165) is 6.92 Å². The molecular formula is C14H28O2. The fourth-order valence-corrected chi connectivity index (χ4v) is 1.33. The monoisotopic (exact) mass is 228 g/mol. The summed E-state index contributed by atoms with van der Waals surface area (Å²) in [4.78, 5) is 9.00. The quantitative estimate of drug-likeness (QED) is 0.479. The van der Waals surface area contributed by atoms with Crippen molar-refractivity contribution >= 4 is 5.97 Å². The Labute approximate surface area is 101 Å². The summed E-state index contributed by atoms with van der Waals surface area (Å²) >= 11 is 0. The Morgan fingerprint density at radius 1 is 1.00 bits per heavy atom. The van der Waals surface area contributed by atoms with E-state index in [9.17, 15) is 0 Å². The second-order valence-electron chi connectivity index (χ2n) is 3.96. The Hall–Kier alpha value is -0.790. The van der Waals surface area contributed by atoms with Crippen LogP contribution in [0.1, 0.15) is 72.1 Å². The molecular weight excluding hydrogens is 200 g/mol. The minimum atomic E-state index is -0.833. The third-order valence-electron chi connectivity index (χ3n) is 2.13. The molecule has 2 nitrogen and oxygen atoms in total. The molecule has 16 heavy (non-hydrogen) atoms. The molecule has 1 N–H and O–H groups in total. The number of unbranched alkanes of at least 4 members (excludes halogenated alkanes) is 6. The summed E-state index contributed by atoms with van der Waals surface area (Å²) in [5.41, 5.74) is 0. The molecule has 0 rings (SSSR count). The zero-order valence-electron chi connectivity index (χ0n) is 11.2. The van der Waals surface area contributed by atoms with E-state index in [1.165, 1.54) is 51.4 Å². The number of carboxylic acids is 1. The van der Waals surface area contributed by atoms with Crippen molar-refractivity contribution in [3.05, 3.63) is 12.2 Å². The van der Waals surface area contributed by atoms with Crippen LogP contribution >= 0.6 is 0 Å². The van der Waals surface area contributed by atoms with Crippen molar-refractivity contribution in [2.45, 2.75) is 72.1 Å². The Kier molecular flexibility index (Phi) is 18.3. The van der Waals surface area contributed by atoms with Gasteiger partial charge in [0.2, 0.25) is 0 Å². The van der Waals surface area contributed by atoms with Crippen LogP contribution in [0.15, 0.2) is 12.2 Å². The maximum Gasteiger partial charge on any atom is 0.300 e. The van der Waals surface area contributed by atoms with Crippen LogP contribution in [0.4, 0.5) is 0 Å². The molecule has 0 aliphatic rings. The van der Waals surface area contributed by atoms with Gasteiger partial charge in [0.25, 0.3) is 5.97 Å². The van der Waals surface area contributed by atoms with E-state index in [4.69, 9.17) is 9.90 Å². The zero-order valence-corrected chi connectivity index (χ0v) is 11.2. The number of allylic oxidation sites excluding steroid dienone is 2. The van der Waals surface area contributed by atoms with Crippen LogP contribution in [0.5, 0.6) is 0 Å². The minimum absolute atomic E-state index is 0.833. The Morgan fingerprint density at radius 3 is 2.00 bits per heavy atom. The summed E-state index contributed by atoms with van der Waals surface area (Å²) in [5, 5.41) is 7.42. The van der Waals surface area contributed by atoms with Crippen molar-refractivity contribution in [3.63, 3.8) is 0 Å². The standard InChI is InChI=1S/C12H24.C2H4O2/c1-3-5-7-9-11-12-10-8-6-4-2;1-2(3)4/h5,7H,3-4,6,8-12H2,1-2H3;1H3,(H,3,4)/b7-5-;. The molecule has 0 saturated carbocycles. The van der Waals surface area contributed by atoms with Crippen LogP contribution < -0.4 is 0 Å². The van der Waals surface area contributed by atoms with Gasteiger partial charge < -0.3 is 5.11 Å². The van der Waals surface area contributed by atoms with E-state index >= 15 is 0 Å². The SMILES string of the molecule is CC(=O)O.CC/C=C\CCCCCCCC. The molecule has 0 radical (unpaired) electrons. The Balaban J connectivity index is 0. The van der Waals surface area contributed by atoms with Crippen LogP contribution in [-0.2, 0) is 4.79 Å². The van der Waals surface area contributed by atoms with E-state index < -0.39 is 5.97 Å². The van der Waals surface area contributed by atoms with E-state index in [0.29, 0.717) is 0 Å². The van der Waals surface area contributed by atoms with Gasteiger partial charge in [-0.3, -0.25) is 4.79 Å². The maximum atomic E-state index is 9.00. The molecule has 2 heteroatoms. The highest BCUT2D eigenvalue weighted by molar-refractivity contribution is 5.62. The van der Waals surface area contributed by atoms with Gasteiger partial charge in [0, 0.05) is 6.92 Å². The predicted molar refractivity (Wildman–Crippen MR) is 70.7 cm³/mol. The van der Waals surface area contributed by atoms with Crippen LogP contribution in [0, 0.1) is 0 Å². The molecule has 0 aliphatic carbocycles. The first-order chi connectivity index (χ1) is 7.65. The fraction of sp³-hybridized carbons (Fsp3) is 0.786. The first-order valence-electron chi connectivity index (χ1n) is 6.49. The van der Waals surface area contributed by atoms with Gasteiger partial charge >= 0.3 is 0 Å². The second-order valence-corrected chi connectivity index (χ2v) is 3.96. The molecule has 0 unspecified atom stereocenters. The van der Waals surface area contributed by atoms with Crippen molar-refractivity contribution in [2.75, 3.05) is 0 Å². The number of carboxylic acid groups (broad SMARTS) is 1. The molecule has 0 atom stereocenters. The molecule has 0 fully saturated rings. The number of aliphatic carboxylic acids is 1. The van der Waals surface area contributed by atoms with Crippen LogP contribution in [0.2, 0.25) is 0 Å². The third kappa shape index (κ3) is 29.2. The van der Waals surface area contributed by atoms with Gasteiger partial charge in [0.05, 0.1) is 0 Å². The molecule has 0 saturated heterocycles. The molecule has 0 aliphatic heterocycles. The first kappa shape index (κ1) is 17.6. The van der Waals surface area contributed by atoms with Gasteiger partial charge in [-0.1, -0.05) is 58.1 Å². The summed E-state index contributed by atoms with van der Waals surface area (Å²) in [5.74, 6) is -0.833. The van der Waals surface area contributed by atoms with Crippen molar-refractivity contribution in [1.29, 1.82) is 0 Å². The van der Waals surface area contributed by atoms with Crippen molar-refractivity contribution in [2.24, 2.45) is 0 Å². The van der Waals surface area contributed by atoms with Crippen LogP contribution in [0.3, 0.4) is 0 Å². The Bertz CT molecular complexity index is 158. The summed E-state index contributed by atoms with van der Waals surface area (Å²) in [6.45, 7) is 5.54. The van der Waals surface area contributed by atoms with Crippen LogP contribution in [-0.4, -0.2) is 11.1 Å². The Morgan fingerprint density at radius 2 is 1.50 bits per heavy atom. The topological polar surface area (TPSA) is 37.3 Å². The molecule has 0 aromatic rings. The second kappa shape index (κ2) is 16.6. The third-order valence-corrected chi connectivity index (χ3v) is 2.13. The largest absolute Gasteiger partial charge is 0.481 e. The van der Waals surface area contributed by atoms with E-state index in [1.54, 1.807) is 0 Å². The van der Waals surface area contributed by atoms with E-state index in [2.05, 4.69) is 26.0 Å². The highest BCUT2D eigenvalue weighted by atomic mass is 16.4. The number of hydrogen-bond acceptors (Lipinski definition) is 1. The summed E-state index contributed by atoms with van der Waals surface area (Å²) in [7, 11) is 0. The molecule has 96 valence electrons. The van der Waals surface area contributed by atoms with Crippen molar-refractivity contribution in [3.8, 4) is 0 Å². The van der Waals surface area contributed by atoms with Gasteiger partial charge in [-0.2, -0.15) is 0 Å². The van der Waals surface area contributed by atoms with Gasteiger partial charge in [-0.15, -0.1) is 0 Å². The van der Waals surface area contributed by atoms with Gasteiger partial charge in [-0.05, 0) is 19.3 Å². The van der Waals surface area contributed by atoms with E-state index in [-0.39, 0.29) is 0 Å². The van der Waals surface area contributed by atoms with Gasteiger partial charge in [0.1, 0.15) is 0 Å². The molecule has 0 bridgehead atoms. The molecule has 0 aromatic carbocycles. The van der Waals surface area contributed by atoms with Crippen LogP contribution in [0.25, 0.3) is 0 Å². The highest BCUT2D eigenvalue weighted by Gasteiger charge is 1.87. The predicted octanol–water partition coefficient (Wildman–Crippen LogP) is 4.79. The van der Waals surface area contributed by atoms with Gasteiger partial charge in [-0.25, -0.2) is 0 Å². The normalized spacial score (nSPS) is 9.94. The lowest BCUT2D eigenvalue weighted by molar-refractivity contribution is -0.134. The lowest BCUT2D eigenvalue weighted by Crippen LogP contribution is -1.78.